The van der Waals surface area contributed by atoms with Crippen molar-refractivity contribution in [3.63, 3.8) is 0 Å². The largest absolute Gasteiger partial charge is 0.383 e. The average Bonchev–Trinajstić information content (AvgIpc) is 2.28. The number of hydrogen-bond acceptors (Lipinski definition) is 3. The van der Waals surface area contributed by atoms with Gasteiger partial charge in [0, 0.05) is 20.2 Å². The predicted octanol–water partition coefficient (Wildman–Crippen LogP) is 2.68. The highest BCUT2D eigenvalue weighted by Crippen LogP contribution is 2.27. The lowest BCUT2D eigenvalue weighted by molar-refractivity contribution is 0.183. The van der Waals surface area contributed by atoms with E-state index in [1.807, 2.05) is 18.0 Å². The fourth-order valence-electron chi connectivity index (χ4n) is 1.45. The van der Waals surface area contributed by atoms with E-state index in [1.54, 1.807) is 19.2 Å². The summed E-state index contributed by atoms with van der Waals surface area (Å²) in [4.78, 5) is 2.03. The fourth-order valence-corrected chi connectivity index (χ4v) is 1.77. The quantitative estimate of drug-likeness (QED) is 0.809. The highest BCUT2D eigenvalue weighted by molar-refractivity contribution is 6.33. The van der Waals surface area contributed by atoms with Crippen LogP contribution in [-0.4, -0.2) is 26.8 Å². The Bertz CT molecular complexity index is 400. The number of methoxy groups -OCH3 is 1. The van der Waals surface area contributed by atoms with E-state index in [2.05, 4.69) is 13.0 Å². The Morgan fingerprint density at radius 1 is 1.56 bits per heavy atom. The molecule has 0 aliphatic rings. The van der Waals surface area contributed by atoms with Crippen molar-refractivity contribution < 1.29 is 4.74 Å². The molecular weight excluding hydrogens is 224 g/mol. The molecule has 0 saturated heterocycles. The molecule has 1 atom stereocenters. The van der Waals surface area contributed by atoms with Crippen LogP contribution in [0.2, 0.25) is 5.02 Å². The van der Waals surface area contributed by atoms with Crippen LogP contribution in [0.4, 0.5) is 5.69 Å². The standard InChI is InChI=1S/C12H15ClN2O/c1-9(8-16-3)15(2)12-5-4-10(7-14)6-11(12)13/h4-6,9H,8H2,1-3H3. The summed E-state index contributed by atoms with van der Waals surface area (Å²) in [7, 11) is 3.63. The molecule has 0 N–H and O–H groups in total. The summed E-state index contributed by atoms with van der Waals surface area (Å²) in [6, 6.07) is 7.58. The first-order valence-electron chi connectivity index (χ1n) is 5.01. The van der Waals surface area contributed by atoms with Gasteiger partial charge in [0.1, 0.15) is 0 Å². The van der Waals surface area contributed by atoms with Crippen LogP contribution in [-0.2, 0) is 4.74 Å². The minimum atomic E-state index is 0.232. The number of nitrogens with zero attached hydrogens (tertiary/aromatic N) is 2. The van der Waals surface area contributed by atoms with E-state index in [0.717, 1.165) is 5.69 Å². The van der Waals surface area contributed by atoms with E-state index in [-0.39, 0.29) is 6.04 Å². The molecular formula is C12H15ClN2O. The van der Waals surface area contributed by atoms with Gasteiger partial charge in [-0.05, 0) is 25.1 Å². The molecule has 0 heterocycles. The maximum atomic E-state index is 8.74. The second-order valence-corrected chi connectivity index (χ2v) is 4.10. The van der Waals surface area contributed by atoms with Crippen molar-refractivity contribution in [3.8, 4) is 6.07 Å². The SMILES string of the molecule is COCC(C)N(C)c1ccc(C#N)cc1Cl. The van der Waals surface area contributed by atoms with Gasteiger partial charge in [-0.1, -0.05) is 11.6 Å². The summed E-state index contributed by atoms with van der Waals surface area (Å²) in [5.41, 5.74) is 1.48. The van der Waals surface area contributed by atoms with Gasteiger partial charge in [0.25, 0.3) is 0 Å². The zero-order valence-electron chi connectivity index (χ0n) is 9.70. The summed E-state index contributed by atoms with van der Waals surface area (Å²) in [6.07, 6.45) is 0. The van der Waals surface area contributed by atoms with Crippen molar-refractivity contribution in [2.45, 2.75) is 13.0 Å². The molecule has 0 aliphatic heterocycles. The lowest BCUT2D eigenvalue weighted by atomic mass is 10.2. The molecule has 16 heavy (non-hydrogen) atoms. The molecule has 1 rings (SSSR count). The molecule has 1 aromatic rings. The van der Waals surface area contributed by atoms with Crippen molar-refractivity contribution in [2.24, 2.45) is 0 Å². The molecule has 0 amide bonds. The van der Waals surface area contributed by atoms with E-state index in [1.165, 1.54) is 0 Å². The van der Waals surface area contributed by atoms with Crippen LogP contribution in [0.1, 0.15) is 12.5 Å². The van der Waals surface area contributed by atoms with Crippen molar-refractivity contribution in [3.05, 3.63) is 28.8 Å². The zero-order chi connectivity index (χ0) is 12.1. The third kappa shape index (κ3) is 2.88. The third-order valence-electron chi connectivity index (χ3n) is 2.53. The molecule has 3 nitrogen and oxygen atoms in total. The van der Waals surface area contributed by atoms with E-state index < -0.39 is 0 Å². The van der Waals surface area contributed by atoms with Crippen LogP contribution >= 0.6 is 11.6 Å². The number of anilines is 1. The summed E-state index contributed by atoms with van der Waals surface area (Å²) >= 11 is 6.11. The molecule has 4 heteroatoms. The predicted molar refractivity (Wildman–Crippen MR) is 65.9 cm³/mol. The van der Waals surface area contributed by atoms with E-state index in [4.69, 9.17) is 21.6 Å². The number of likely N-dealkylation sites (N-methyl/N-ethyl adjacent to an activating group) is 1. The van der Waals surface area contributed by atoms with Crippen LogP contribution in [0.25, 0.3) is 0 Å². The Kier molecular flexibility index (Phi) is 4.60. The molecule has 1 aromatic carbocycles. The lowest BCUT2D eigenvalue weighted by Gasteiger charge is -2.27. The number of halogens is 1. The van der Waals surface area contributed by atoms with Crippen molar-refractivity contribution in [2.75, 3.05) is 25.7 Å². The Balaban J connectivity index is 2.92. The van der Waals surface area contributed by atoms with Crippen LogP contribution in [0.15, 0.2) is 18.2 Å². The lowest BCUT2D eigenvalue weighted by Crippen LogP contribution is -2.32. The highest BCUT2D eigenvalue weighted by atomic mass is 35.5. The second kappa shape index (κ2) is 5.74. The maximum Gasteiger partial charge on any atom is 0.0992 e. The van der Waals surface area contributed by atoms with Gasteiger partial charge >= 0.3 is 0 Å². The Morgan fingerprint density at radius 2 is 2.25 bits per heavy atom. The molecule has 0 aromatic heterocycles. The number of rotatable bonds is 4. The molecule has 0 saturated carbocycles. The summed E-state index contributed by atoms with van der Waals surface area (Å²) < 4.78 is 5.09. The Morgan fingerprint density at radius 3 is 2.75 bits per heavy atom. The van der Waals surface area contributed by atoms with Crippen molar-refractivity contribution in [1.29, 1.82) is 5.26 Å². The number of ether oxygens (including phenoxy) is 1. The van der Waals surface area contributed by atoms with Gasteiger partial charge in [0.2, 0.25) is 0 Å². The first-order chi connectivity index (χ1) is 7.60. The molecule has 0 bridgehead atoms. The molecule has 0 spiro atoms. The maximum absolute atomic E-state index is 8.74. The third-order valence-corrected chi connectivity index (χ3v) is 2.83. The van der Waals surface area contributed by atoms with Gasteiger partial charge in [0.15, 0.2) is 0 Å². The summed E-state index contributed by atoms with van der Waals surface area (Å²) in [5.74, 6) is 0. The van der Waals surface area contributed by atoms with Gasteiger partial charge < -0.3 is 9.64 Å². The van der Waals surface area contributed by atoms with Crippen LogP contribution in [0.5, 0.6) is 0 Å². The first kappa shape index (κ1) is 12.8. The fraction of sp³-hybridized carbons (Fsp3) is 0.417. The van der Waals surface area contributed by atoms with E-state index in [0.29, 0.717) is 17.2 Å². The Labute approximate surface area is 101 Å². The van der Waals surface area contributed by atoms with Gasteiger partial charge in [-0.25, -0.2) is 0 Å². The minimum absolute atomic E-state index is 0.232. The zero-order valence-corrected chi connectivity index (χ0v) is 10.5. The monoisotopic (exact) mass is 238 g/mol. The highest BCUT2D eigenvalue weighted by Gasteiger charge is 2.12. The second-order valence-electron chi connectivity index (χ2n) is 3.69. The van der Waals surface area contributed by atoms with Crippen LogP contribution < -0.4 is 4.90 Å². The van der Waals surface area contributed by atoms with Crippen LogP contribution in [0, 0.1) is 11.3 Å². The van der Waals surface area contributed by atoms with Crippen molar-refractivity contribution >= 4 is 17.3 Å². The molecule has 0 aliphatic carbocycles. The van der Waals surface area contributed by atoms with Gasteiger partial charge in [0.05, 0.1) is 28.9 Å². The Hall–Kier alpha value is -1.24. The average molecular weight is 239 g/mol. The summed E-state index contributed by atoms with van der Waals surface area (Å²) in [6.45, 7) is 2.69. The van der Waals surface area contributed by atoms with Gasteiger partial charge in [-0.15, -0.1) is 0 Å². The number of benzene rings is 1. The molecule has 86 valence electrons. The molecule has 0 fully saturated rings. The van der Waals surface area contributed by atoms with Crippen LogP contribution in [0.3, 0.4) is 0 Å². The minimum Gasteiger partial charge on any atom is -0.383 e. The van der Waals surface area contributed by atoms with Crippen molar-refractivity contribution in [1.82, 2.24) is 0 Å². The van der Waals surface area contributed by atoms with E-state index >= 15 is 0 Å². The number of nitriles is 1. The summed E-state index contributed by atoms with van der Waals surface area (Å²) in [5, 5.41) is 9.33. The van der Waals surface area contributed by atoms with Gasteiger partial charge in [-0.2, -0.15) is 5.26 Å². The molecule has 0 radical (unpaired) electrons. The first-order valence-corrected chi connectivity index (χ1v) is 5.39. The number of hydrogen-bond donors (Lipinski definition) is 0. The normalized spacial score (nSPS) is 11.9. The smallest absolute Gasteiger partial charge is 0.0992 e. The van der Waals surface area contributed by atoms with Gasteiger partial charge in [-0.3, -0.25) is 0 Å². The molecule has 1 unspecified atom stereocenters. The topological polar surface area (TPSA) is 36.3 Å². The van der Waals surface area contributed by atoms with E-state index in [9.17, 15) is 0 Å².